The molecule has 0 spiro atoms. The second kappa shape index (κ2) is 10.5. The van der Waals surface area contributed by atoms with Gasteiger partial charge in [0.2, 0.25) is 0 Å². The summed E-state index contributed by atoms with van der Waals surface area (Å²) in [5.41, 5.74) is 2.59. The maximum atomic E-state index is 14.3. The number of nitrogens with zero attached hydrogens (tertiary/aromatic N) is 1. The number of carbonyl (C=O) groups excluding carboxylic acids is 2. The first-order valence-electron chi connectivity index (χ1n) is 11.6. The van der Waals surface area contributed by atoms with E-state index in [1.807, 2.05) is 42.5 Å². The molecular weight excluding hydrogens is 463 g/mol. The molecule has 2 amide bonds. The fourth-order valence-corrected chi connectivity index (χ4v) is 5.27. The highest BCUT2D eigenvalue weighted by Gasteiger charge is 2.29. The van der Waals surface area contributed by atoms with Gasteiger partial charge >= 0.3 is 0 Å². The molecule has 0 aliphatic carbocycles. The van der Waals surface area contributed by atoms with Gasteiger partial charge in [0, 0.05) is 29.2 Å². The van der Waals surface area contributed by atoms with Crippen LogP contribution in [0.25, 0.3) is 6.08 Å². The molecule has 5 nitrogen and oxygen atoms in total. The minimum atomic E-state index is -0.338. The topological polar surface area (TPSA) is 58.6 Å². The van der Waals surface area contributed by atoms with Gasteiger partial charge in [-0.05, 0) is 54.8 Å². The second-order valence-corrected chi connectivity index (χ2v) is 9.61. The van der Waals surface area contributed by atoms with Gasteiger partial charge in [-0.25, -0.2) is 4.39 Å². The Hall–Kier alpha value is -3.42. The molecule has 1 saturated heterocycles. The van der Waals surface area contributed by atoms with Crippen molar-refractivity contribution in [2.75, 3.05) is 18.1 Å². The number of benzene rings is 3. The van der Waals surface area contributed by atoms with Crippen molar-refractivity contribution in [3.63, 3.8) is 0 Å². The number of halogens is 1. The van der Waals surface area contributed by atoms with Crippen LogP contribution in [0.15, 0.2) is 82.6 Å². The van der Waals surface area contributed by atoms with Crippen LogP contribution in [0, 0.1) is 5.82 Å². The van der Waals surface area contributed by atoms with Gasteiger partial charge in [0.15, 0.2) is 0 Å². The molecular formula is C28H25FN2O3S. The molecule has 2 aliphatic rings. The summed E-state index contributed by atoms with van der Waals surface area (Å²) >= 11 is 1.39. The number of carbonyl (C=O) groups is 2. The Morgan fingerprint density at radius 1 is 1.09 bits per heavy atom. The van der Waals surface area contributed by atoms with E-state index in [-0.39, 0.29) is 30.3 Å². The van der Waals surface area contributed by atoms with E-state index in [4.69, 9.17) is 4.74 Å². The monoisotopic (exact) mass is 488 g/mol. The Balaban J connectivity index is 1.34. The maximum Gasteiger partial charge on any atom is 0.265 e. The van der Waals surface area contributed by atoms with Gasteiger partial charge in [-0.15, -0.1) is 0 Å². The van der Waals surface area contributed by atoms with Crippen molar-refractivity contribution in [1.82, 2.24) is 5.32 Å². The minimum Gasteiger partial charge on any atom is -0.376 e. The molecule has 0 bridgehead atoms. The third-order valence-electron chi connectivity index (χ3n) is 6.10. The number of rotatable bonds is 6. The summed E-state index contributed by atoms with van der Waals surface area (Å²) < 4.78 is 19.9. The summed E-state index contributed by atoms with van der Waals surface area (Å²) in [7, 11) is 0. The lowest BCUT2D eigenvalue weighted by atomic mass is 10.1. The van der Waals surface area contributed by atoms with Crippen molar-refractivity contribution in [2.45, 2.75) is 30.4 Å². The highest BCUT2D eigenvalue weighted by Crippen LogP contribution is 2.42. The third-order valence-corrected chi connectivity index (χ3v) is 7.18. The van der Waals surface area contributed by atoms with Crippen molar-refractivity contribution < 1.29 is 18.7 Å². The van der Waals surface area contributed by atoms with Crippen LogP contribution < -0.4 is 10.2 Å². The Labute approximate surface area is 208 Å². The van der Waals surface area contributed by atoms with Crippen LogP contribution >= 0.6 is 11.8 Å². The number of fused-ring (bicyclic) bond motifs is 1. The molecule has 7 heteroatoms. The van der Waals surface area contributed by atoms with Crippen molar-refractivity contribution in [3.8, 4) is 0 Å². The average Bonchev–Trinajstić information content (AvgIpc) is 3.40. The van der Waals surface area contributed by atoms with Gasteiger partial charge in [0.25, 0.3) is 11.8 Å². The third kappa shape index (κ3) is 5.31. The van der Waals surface area contributed by atoms with E-state index in [1.54, 1.807) is 35.2 Å². The lowest BCUT2D eigenvalue weighted by Crippen LogP contribution is -2.34. The summed E-state index contributed by atoms with van der Waals surface area (Å²) in [6.45, 7) is 1.40. The summed E-state index contributed by atoms with van der Waals surface area (Å²) in [4.78, 5) is 29.0. The van der Waals surface area contributed by atoms with Crippen molar-refractivity contribution in [2.24, 2.45) is 0 Å². The quantitative estimate of drug-likeness (QED) is 0.471. The molecule has 3 aromatic carbocycles. The number of anilines is 1. The van der Waals surface area contributed by atoms with E-state index in [1.165, 1.54) is 17.8 Å². The first-order chi connectivity index (χ1) is 17.1. The van der Waals surface area contributed by atoms with E-state index in [2.05, 4.69) is 5.32 Å². The van der Waals surface area contributed by atoms with E-state index >= 15 is 0 Å². The lowest BCUT2D eigenvalue weighted by Gasteiger charge is -2.30. The summed E-state index contributed by atoms with van der Waals surface area (Å²) in [5, 5.41) is 2.92. The van der Waals surface area contributed by atoms with Gasteiger partial charge in [0.05, 0.1) is 23.2 Å². The molecule has 35 heavy (non-hydrogen) atoms. The first-order valence-corrected chi connectivity index (χ1v) is 12.4. The molecule has 0 saturated carbocycles. The van der Waals surface area contributed by atoms with E-state index in [0.717, 1.165) is 35.6 Å². The Morgan fingerprint density at radius 2 is 1.86 bits per heavy atom. The van der Waals surface area contributed by atoms with Crippen LogP contribution in [0.5, 0.6) is 0 Å². The summed E-state index contributed by atoms with van der Waals surface area (Å²) in [6, 6.07) is 21.3. The van der Waals surface area contributed by atoms with E-state index in [9.17, 15) is 14.0 Å². The zero-order valence-electron chi connectivity index (χ0n) is 19.1. The normalized spacial score (nSPS) is 18.5. The van der Waals surface area contributed by atoms with Crippen LogP contribution in [0.4, 0.5) is 10.1 Å². The number of ether oxygens (including phenoxy) is 1. The van der Waals surface area contributed by atoms with E-state index in [0.29, 0.717) is 22.6 Å². The number of thioether (sulfide) groups is 1. The number of hydrogen-bond acceptors (Lipinski definition) is 4. The molecule has 3 aromatic rings. The summed E-state index contributed by atoms with van der Waals surface area (Å²) in [5.74, 6) is -0.668. The molecule has 0 unspecified atom stereocenters. The molecule has 1 atom stereocenters. The largest absolute Gasteiger partial charge is 0.376 e. The van der Waals surface area contributed by atoms with E-state index < -0.39 is 0 Å². The predicted molar refractivity (Wildman–Crippen MR) is 136 cm³/mol. The fourth-order valence-electron chi connectivity index (χ4n) is 4.21. The van der Waals surface area contributed by atoms with Gasteiger partial charge in [-0.2, -0.15) is 0 Å². The number of nitrogens with one attached hydrogen (secondary N) is 1. The maximum absolute atomic E-state index is 14.3. The predicted octanol–water partition coefficient (Wildman–Crippen LogP) is 5.41. The highest BCUT2D eigenvalue weighted by atomic mass is 32.2. The molecule has 0 radical (unpaired) electrons. The molecule has 1 fully saturated rings. The molecule has 5 rings (SSSR count). The van der Waals surface area contributed by atoms with Crippen LogP contribution in [0.1, 0.15) is 34.3 Å². The minimum absolute atomic E-state index is 0.0903. The zero-order chi connectivity index (χ0) is 24.2. The molecule has 178 valence electrons. The second-order valence-electron chi connectivity index (χ2n) is 8.53. The van der Waals surface area contributed by atoms with Crippen molar-refractivity contribution in [1.29, 1.82) is 0 Å². The molecule has 0 aromatic heterocycles. The molecule has 2 heterocycles. The van der Waals surface area contributed by atoms with Gasteiger partial charge in [-0.3, -0.25) is 9.59 Å². The molecule has 2 aliphatic heterocycles. The Morgan fingerprint density at radius 3 is 2.63 bits per heavy atom. The van der Waals surface area contributed by atoms with Gasteiger partial charge in [-0.1, -0.05) is 54.2 Å². The average molecular weight is 489 g/mol. The lowest BCUT2D eigenvalue weighted by molar-refractivity contribution is -0.114. The van der Waals surface area contributed by atoms with Crippen molar-refractivity contribution in [3.05, 3.63) is 100 Å². The Kier molecular flexibility index (Phi) is 6.97. The van der Waals surface area contributed by atoms with Gasteiger partial charge < -0.3 is 15.0 Å². The van der Waals surface area contributed by atoms with Gasteiger partial charge in [0.1, 0.15) is 5.82 Å². The molecule has 1 N–H and O–H groups in total. The van der Waals surface area contributed by atoms with Crippen LogP contribution in [-0.2, 0) is 16.1 Å². The zero-order valence-corrected chi connectivity index (χ0v) is 19.9. The fraction of sp³-hybridized carbons (Fsp3) is 0.214. The standard InChI is InChI=1S/C28H25FN2O3S/c29-23-8-2-1-6-21(23)18-31-24-9-3-4-10-25(24)35-26(28(31)33)16-19-11-13-20(14-12-19)27(32)30-17-22-7-5-15-34-22/h1-4,6,8-14,16,22H,5,7,15,17-18H2,(H,30,32)/b26-16-/t22-/m1/s1. The highest BCUT2D eigenvalue weighted by molar-refractivity contribution is 8.04. The summed E-state index contributed by atoms with van der Waals surface area (Å²) in [6.07, 6.45) is 3.90. The van der Waals surface area contributed by atoms with Crippen LogP contribution in [0.2, 0.25) is 0 Å². The number of hydrogen-bond donors (Lipinski definition) is 1. The van der Waals surface area contributed by atoms with Crippen LogP contribution in [-0.4, -0.2) is 31.1 Å². The smallest absolute Gasteiger partial charge is 0.265 e. The number of amides is 2. The van der Waals surface area contributed by atoms with Crippen molar-refractivity contribution >= 4 is 35.3 Å². The number of para-hydroxylation sites is 1. The first kappa shape index (κ1) is 23.3. The Bertz CT molecular complexity index is 1270. The SMILES string of the molecule is O=C(NC[C@H]1CCCO1)c1ccc(/C=C2\Sc3ccccc3N(Cc3ccccc3F)C2=O)cc1. The van der Waals surface area contributed by atoms with Crippen LogP contribution in [0.3, 0.4) is 0 Å².